The summed E-state index contributed by atoms with van der Waals surface area (Å²) < 4.78 is 0. The van der Waals surface area contributed by atoms with Crippen molar-refractivity contribution >= 4 is 24.8 Å². The molecule has 1 fully saturated rings. The largest absolute Gasteiger partial charge is 0.508 e. The Hall–Kier alpha value is -0.480. The smallest absolute Gasteiger partial charge is 0.120 e. The Labute approximate surface area is 115 Å². The average molecular weight is 279 g/mol. The van der Waals surface area contributed by atoms with Gasteiger partial charge in [-0.2, -0.15) is 0 Å². The molecule has 0 aromatic heterocycles. The third-order valence-corrected chi connectivity index (χ3v) is 2.98. The molecule has 0 atom stereocenters. The molecule has 1 aliphatic heterocycles. The summed E-state index contributed by atoms with van der Waals surface area (Å²) in [5.41, 5.74) is 1.03. The zero-order valence-corrected chi connectivity index (χ0v) is 11.6. The second-order valence-corrected chi connectivity index (χ2v) is 4.21. The molecule has 0 aliphatic carbocycles. The summed E-state index contributed by atoms with van der Waals surface area (Å²) in [6, 6.07) is 7.59. The molecule has 1 N–H and O–H groups in total. The summed E-state index contributed by atoms with van der Waals surface area (Å²) >= 11 is 0. The normalized spacial score (nSPS) is 17.0. The van der Waals surface area contributed by atoms with Gasteiger partial charge in [-0.05, 0) is 13.1 Å². The van der Waals surface area contributed by atoms with E-state index in [1.54, 1.807) is 6.07 Å². The SMILES string of the molecule is CN1CCN(Cc2ccccc2O)CC1.Cl.Cl. The van der Waals surface area contributed by atoms with E-state index in [2.05, 4.69) is 16.8 Å². The summed E-state index contributed by atoms with van der Waals surface area (Å²) in [5, 5.41) is 9.66. The Bertz CT molecular complexity index is 328. The van der Waals surface area contributed by atoms with Crippen LogP contribution < -0.4 is 0 Å². The van der Waals surface area contributed by atoms with Gasteiger partial charge in [-0.25, -0.2) is 0 Å². The first-order valence-corrected chi connectivity index (χ1v) is 5.43. The van der Waals surface area contributed by atoms with Crippen LogP contribution in [0.25, 0.3) is 0 Å². The summed E-state index contributed by atoms with van der Waals surface area (Å²) in [7, 11) is 2.15. The molecule has 1 aliphatic rings. The van der Waals surface area contributed by atoms with Crippen molar-refractivity contribution in [2.24, 2.45) is 0 Å². The Morgan fingerprint density at radius 2 is 1.65 bits per heavy atom. The number of halogens is 2. The number of piperazine rings is 1. The molecular weight excluding hydrogens is 259 g/mol. The average Bonchev–Trinajstić information content (AvgIpc) is 2.25. The molecule has 0 radical (unpaired) electrons. The van der Waals surface area contributed by atoms with E-state index in [1.807, 2.05) is 18.2 Å². The van der Waals surface area contributed by atoms with Gasteiger partial charge in [0.15, 0.2) is 0 Å². The van der Waals surface area contributed by atoms with Crippen LogP contribution in [0.4, 0.5) is 0 Å². The lowest BCUT2D eigenvalue weighted by Crippen LogP contribution is -2.43. The number of likely N-dealkylation sites (N-methyl/N-ethyl adjacent to an activating group) is 1. The van der Waals surface area contributed by atoms with Gasteiger partial charge < -0.3 is 10.0 Å². The van der Waals surface area contributed by atoms with Crippen molar-refractivity contribution in [1.29, 1.82) is 0 Å². The maximum atomic E-state index is 9.66. The maximum Gasteiger partial charge on any atom is 0.120 e. The molecule has 0 amide bonds. The third-order valence-electron chi connectivity index (χ3n) is 2.98. The molecule has 0 spiro atoms. The lowest BCUT2D eigenvalue weighted by atomic mass is 10.2. The Morgan fingerprint density at radius 1 is 1.06 bits per heavy atom. The van der Waals surface area contributed by atoms with Gasteiger partial charge in [0.05, 0.1) is 0 Å². The fraction of sp³-hybridized carbons (Fsp3) is 0.500. The van der Waals surface area contributed by atoms with Gasteiger partial charge in [-0.3, -0.25) is 4.90 Å². The van der Waals surface area contributed by atoms with E-state index >= 15 is 0 Å². The van der Waals surface area contributed by atoms with Crippen molar-refractivity contribution in [3.8, 4) is 5.75 Å². The lowest BCUT2D eigenvalue weighted by Gasteiger charge is -2.32. The number of hydrogen-bond acceptors (Lipinski definition) is 3. The minimum atomic E-state index is 0. The minimum absolute atomic E-state index is 0. The van der Waals surface area contributed by atoms with Gasteiger partial charge in [-0.1, -0.05) is 18.2 Å². The quantitative estimate of drug-likeness (QED) is 0.896. The van der Waals surface area contributed by atoms with Crippen molar-refractivity contribution in [3.05, 3.63) is 29.8 Å². The number of phenolic OH excluding ortho intramolecular Hbond substituents is 1. The van der Waals surface area contributed by atoms with E-state index in [0.29, 0.717) is 5.75 Å². The molecule has 0 saturated carbocycles. The molecule has 17 heavy (non-hydrogen) atoms. The number of nitrogens with zero attached hydrogens (tertiary/aromatic N) is 2. The van der Waals surface area contributed by atoms with Crippen LogP contribution in [0.15, 0.2) is 24.3 Å². The highest BCUT2D eigenvalue weighted by Gasteiger charge is 2.14. The zero-order valence-electron chi connectivity index (χ0n) is 10.0. The maximum absolute atomic E-state index is 9.66. The number of para-hydroxylation sites is 1. The molecule has 1 aromatic rings. The van der Waals surface area contributed by atoms with Gasteiger partial charge in [0.25, 0.3) is 0 Å². The van der Waals surface area contributed by atoms with Crippen LogP contribution in [0, 0.1) is 0 Å². The van der Waals surface area contributed by atoms with Crippen molar-refractivity contribution < 1.29 is 5.11 Å². The predicted octanol–water partition coefficient (Wildman–Crippen LogP) is 1.98. The lowest BCUT2D eigenvalue weighted by molar-refractivity contribution is 0.147. The Balaban J connectivity index is 0.00000128. The number of aromatic hydroxyl groups is 1. The van der Waals surface area contributed by atoms with Crippen molar-refractivity contribution in [3.63, 3.8) is 0 Å². The van der Waals surface area contributed by atoms with Crippen LogP contribution in [-0.2, 0) is 6.54 Å². The first-order valence-electron chi connectivity index (χ1n) is 5.43. The summed E-state index contributed by atoms with van der Waals surface area (Å²) in [5.74, 6) is 0.413. The highest BCUT2D eigenvalue weighted by atomic mass is 35.5. The van der Waals surface area contributed by atoms with E-state index in [4.69, 9.17) is 0 Å². The van der Waals surface area contributed by atoms with Crippen molar-refractivity contribution in [2.45, 2.75) is 6.54 Å². The molecular formula is C12H20Cl2N2O. The Kier molecular flexibility index (Phi) is 7.55. The molecule has 1 heterocycles. The minimum Gasteiger partial charge on any atom is -0.508 e. The van der Waals surface area contributed by atoms with Crippen LogP contribution in [0.1, 0.15) is 5.56 Å². The van der Waals surface area contributed by atoms with Gasteiger partial charge in [0.1, 0.15) is 5.75 Å². The van der Waals surface area contributed by atoms with E-state index < -0.39 is 0 Å². The molecule has 1 saturated heterocycles. The van der Waals surface area contributed by atoms with Gasteiger partial charge in [0, 0.05) is 38.3 Å². The molecule has 0 unspecified atom stereocenters. The summed E-state index contributed by atoms with van der Waals surface area (Å²) in [6.07, 6.45) is 0. The standard InChI is InChI=1S/C12H18N2O.2ClH/c1-13-6-8-14(9-7-13)10-11-4-2-3-5-12(11)15;;/h2-5,15H,6-10H2,1H3;2*1H. The van der Waals surface area contributed by atoms with E-state index in [1.165, 1.54) is 0 Å². The number of rotatable bonds is 2. The predicted molar refractivity (Wildman–Crippen MR) is 75.4 cm³/mol. The van der Waals surface area contributed by atoms with Crippen LogP contribution in [-0.4, -0.2) is 48.1 Å². The van der Waals surface area contributed by atoms with E-state index in [0.717, 1.165) is 38.3 Å². The first kappa shape index (κ1) is 16.5. The van der Waals surface area contributed by atoms with Crippen LogP contribution in [0.5, 0.6) is 5.75 Å². The number of benzene rings is 1. The van der Waals surface area contributed by atoms with Gasteiger partial charge in [-0.15, -0.1) is 24.8 Å². The van der Waals surface area contributed by atoms with Crippen molar-refractivity contribution in [1.82, 2.24) is 9.80 Å². The van der Waals surface area contributed by atoms with Gasteiger partial charge in [0.2, 0.25) is 0 Å². The topological polar surface area (TPSA) is 26.7 Å². The van der Waals surface area contributed by atoms with Crippen LogP contribution in [0.2, 0.25) is 0 Å². The second-order valence-electron chi connectivity index (χ2n) is 4.21. The molecule has 2 rings (SSSR count). The molecule has 3 nitrogen and oxygen atoms in total. The monoisotopic (exact) mass is 278 g/mol. The fourth-order valence-corrected chi connectivity index (χ4v) is 1.89. The summed E-state index contributed by atoms with van der Waals surface area (Å²) in [4.78, 5) is 4.72. The summed E-state index contributed by atoms with van der Waals surface area (Å²) in [6.45, 7) is 5.28. The zero-order chi connectivity index (χ0) is 10.7. The molecule has 98 valence electrons. The highest BCUT2D eigenvalue weighted by Crippen LogP contribution is 2.18. The van der Waals surface area contributed by atoms with Crippen molar-refractivity contribution in [2.75, 3.05) is 33.2 Å². The second kappa shape index (κ2) is 7.77. The molecule has 1 aromatic carbocycles. The number of hydrogen-bond donors (Lipinski definition) is 1. The van der Waals surface area contributed by atoms with Gasteiger partial charge >= 0.3 is 0 Å². The highest BCUT2D eigenvalue weighted by molar-refractivity contribution is 5.85. The van der Waals surface area contributed by atoms with E-state index in [9.17, 15) is 5.11 Å². The number of phenols is 1. The molecule has 0 bridgehead atoms. The molecule has 5 heteroatoms. The fourth-order valence-electron chi connectivity index (χ4n) is 1.89. The van der Waals surface area contributed by atoms with E-state index in [-0.39, 0.29) is 24.8 Å². The first-order chi connectivity index (χ1) is 7.25. The van der Waals surface area contributed by atoms with Crippen LogP contribution in [0.3, 0.4) is 0 Å². The Morgan fingerprint density at radius 3 is 2.24 bits per heavy atom. The van der Waals surface area contributed by atoms with Crippen LogP contribution >= 0.6 is 24.8 Å². The third kappa shape index (κ3) is 4.72.